The van der Waals surface area contributed by atoms with Crippen LogP contribution in [0.1, 0.15) is 32.3 Å². The maximum absolute atomic E-state index is 12.7. The fourth-order valence-electron chi connectivity index (χ4n) is 3.35. The van der Waals surface area contributed by atoms with Gasteiger partial charge < -0.3 is 10.2 Å². The van der Waals surface area contributed by atoms with E-state index in [1.54, 1.807) is 36.1 Å². The van der Waals surface area contributed by atoms with Crippen molar-refractivity contribution in [2.24, 2.45) is 0 Å². The number of nitrogens with zero attached hydrogens (tertiary/aromatic N) is 2. The lowest BCUT2D eigenvalue weighted by Crippen LogP contribution is -2.35. The third-order valence-corrected chi connectivity index (χ3v) is 6.73. The van der Waals surface area contributed by atoms with Gasteiger partial charge in [0.15, 0.2) is 9.84 Å². The Kier molecular flexibility index (Phi) is 6.24. The van der Waals surface area contributed by atoms with E-state index in [2.05, 4.69) is 10.3 Å². The molecule has 2 aromatic rings. The Hall–Kier alpha value is -2.45. The summed E-state index contributed by atoms with van der Waals surface area (Å²) in [6, 6.07) is 7.91. The zero-order valence-corrected chi connectivity index (χ0v) is 17.8. The smallest absolute Gasteiger partial charge is 0.226 e. The van der Waals surface area contributed by atoms with E-state index in [0.717, 1.165) is 11.3 Å². The number of nitrogens with one attached hydrogen (secondary N) is 1. The maximum Gasteiger partial charge on any atom is 0.226 e. The molecule has 1 aromatic carbocycles. The Balaban J connectivity index is 1.69. The Morgan fingerprint density at radius 3 is 2.69 bits per heavy atom. The van der Waals surface area contributed by atoms with Gasteiger partial charge in [-0.1, -0.05) is 18.5 Å². The lowest BCUT2D eigenvalue weighted by molar-refractivity contribution is -0.118. The van der Waals surface area contributed by atoms with Gasteiger partial charge >= 0.3 is 0 Å². The minimum Gasteiger partial charge on any atom is -0.311 e. The van der Waals surface area contributed by atoms with Crippen molar-refractivity contribution in [3.63, 3.8) is 0 Å². The molecule has 0 saturated carbocycles. The Bertz CT molecular complexity index is 1040. The molecule has 1 aromatic heterocycles. The standard InChI is InChI=1S/C20H22ClN3O4S/c1-3-20(26)24-13(2)10-14-11-16(5-6-17(14)24)29(27,28)9-8-19(25)23-18-7-4-15(21)12-22-18/h4-7,11-13H,3,8-10H2,1-2H3,(H,22,23,25). The number of amides is 2. The van der Waals surface area contributed by atoms with Crippen molar-refractivity contribution in [3.05, 3.63) is 47.1 Å². The maximum atomic E-state index is 12.7. The highest BCUT2D eigenvalue weighted by atomic mass is 35.5. The number of hydrogen-bond acceptors (Lipinski definition) is 5. The summed E-state index contributed by atoms with van der Waals surface area (Å²) >= 11 is 5.74. The predicted octanol–water partition coefficient (Wildman–Crippen LogP) is 3.23. The highest BCUT2D eigenvalue weighted by Crippen LogP contribution is 2.34. The average molecular weight is 436 g/mol. The molecule has 0 spiro atoms. The van der Waals surface area contributed by atoms with E-state index < -0.39 is 15.7 Å². The van der Waals surface area contributed by atoms with Gasteiger partial charge in [0, 0.05) is 30.8 Å². The molecule has 0 bridgehead atoms. The number of carbonyl (C=O) groups is 2. The molecule has 3 rings (SSSR count). The van der Waals surface area contributed by atoms with E-state index >= 15 is 0 Å². The van der Waals surface area contributed by atoms with E-state index in [1.165, 1.54) is 12.3 Å². The van der Waals surface area contributed by atoms with E-state index in [-0.39, 0.29) is 29.0 Å². The van der Waals surface area contributed by atoms with Crippen LogP contribution in [0.3, 0.4) is 0 Å². The fraction of sp³-hybridized carbons (Fsp3) is 0.350. The number of pyridine rings is 1. The second-order valence-electron chi connectivity index (χ2n) is 6.94. The first-order valence-electron chi connectivity index (χ1n) is 9.30. The molecular weight excluding hydrogens is 414 g/mol. The van der Waals surface area contributed by atoms with E-state index in [0.29, 0.717) is 23.7 Å². The molecule has 1 aliphatic rings. The van der Waals surface area contributed by atoms with Gasteiger partial charge in [-0.3, -0.25) is 9.59 Å². The molecule has 1 atom stereocenters. The molecule has 0 fully saturated rings. The van der Waals surface area contributed by atoms with Crippen molar-refractivity contribution in [2.45, 2.75) is 44.0 Å². The summed E-state index contributed by atoms with van der Waals surface area (Å²) in [5.74, 6) is -0.445. The van der Waals surface area contributed by atoms with Gasteiger partial charge in [0.2, 0.25) is 11.8 Å². The van der Waals surface area contributed by atoms with E-state index in [4.69, 9.17) is 11.6 Å². The monoisotopic (exact) mass is 435 g/mol. The van der Waals surface area contributed by atoms with Gasteiger partial charge in [-0.05, 0) is 49.2 Å². The summed E-state index contributed by atoms with van der Waals surface area (Å²) in [5, 5.41) is 2.99. The van der Waals surface area contributed by atoms with Crippen LogP contribution < -0.4 is 10.2 Å². The molecule has 0 radical (unpaired) electrons. The van der Waals surface area contributed by atoms with Crippen LogP contribution >= 0.6 is 11.6 Å². The molecule has 154 valence electrons. The molecule has 29 heavy (non-hydrogen) atoms. The van der Waals surface area contributed by atoms with Crippen molar-refractivity contribution in [3.8, 4) is 0 Å². The zero-order valence-electron chi connectivity index (χ0n) is 16.2. The molecule has 0 aliphatic carbocycles. The molecule has 2 heterocycles. The van der Waals surface area contributed by atoms with E-state index in [9.17, 15) is 18.0 Å². The molecule has 1 N–H and O–H groups in total. The fourth-order valence-corrected chi connectivity index (χ4v) is 4.75. The molecule has 1 unspecified atom stereocenters. The third kappa shape index (κ3) is 4.76. The number of hydrogen-bond donors (Lipinski definition) is 1. The number of anilines is 2. The lowest BCUT2D eigenvalue weighted by atomic mass is 10.1. The van der Waals surface area contributed by atoms with Crippen LogP contribution in [-0.2, 0) is 25.8 Å². The first-order chi connectivity index (χ1) is 13.7. The van der Waals surface area contributed by atoms with Crippen molar-refractivity contribution >= 4 is 44.8 Å². The van der Waals surface area contributed by atoms with Crippen LogP contribution in [0.5, 0.6) is 0 Å². The van der Waals surface area contributed by atoms with Gasteiger partial charge in [0.05, 0.1) is 15.7 Å². The number of fused-ring (bicyclic) bond motifs is 1. The number of carbonyl (C=O) groups excluding carboxylic acids is 2. The Labute approximate surface area is 175 Å². The van der Waals surface area contributed by atoms with Crippen molar-refractivity contribution in [1.82, 2.24) is 4.98 Å². The zero-order chi connectivity index (χ0) is 21.2. The minimum absolute atomic E-state index is 0.00643. The number of benzene rings is 1. The van der Waals surface area contributed by atoms with Crippen LogP contribution in [0.4, 0.5) is 11.5 Å². The van der Waals surface area contributed by atoms with Crippen molar-refractivity contribution in [2.75, 3.05) is 16.0 Å². The van der Waals surface area contributed by atoms with Gasteiger partial charge in [-0.15, -0.1) is 0 Å². The second kappa shape index (κ2) is 8.51. The number of rotatable bonds is 6. The topological polar surface area (TPSA) is 96.4 Å². The summed E-state index contributed by atoms with van der Waals surface area (Å²) in [6.45, 7) is 3.74. The van der Waals surface area contributed by atoms with Crippen molar-refractivity contribution < 1.29 is 18.0 Å². The molecule has 9 heteroatoms. The molecule has 0 saturated heterocycles. The summed E-state index contributed by atoms with van der Waals surface area (Å²) < 4.78 is 25.4. The Morgan fingerprint density at radius 1 is 1.28 bits per heavy atom. The average Bonchev–Trinajstić information content (AvgIpc) is 3.02. The summed E-state index contributed by atoms with van der Waals surface area (Å²) in [6.07, 6.45) is 2.20. The second-order valence-corrected chi connectivity index (χ2v) is 9.49. The first kappa shape index (κ1) is 21.3. The number of halogens is 1. The highest BCUT2D eigenvalue weighted by Gasteiger charge is 2.31. The third-order valence-electron chi connectivity index (χ3n) is 4.79. The molecular formula is C20H22ClN3O4S. The van der Waals surface area contributed by atoms with Gasteiger partial charge in [-0.2, -0.15) is 0 Å². The lowest BCUT2D eigenvalue weighted by Gasteiger charge is -2.22. The molecule has 7 nitrogen and oxygen atoms in total. The summed E-state index contributed by atoms with van der Waals surface area (Å²) in [7, 11) is -3.64. The van der Waals surface area contributed by atoms with Crippen LogP contribution in [0.2, 0.25) is 5.02 Å². The molecule has 2 amide bonds. The predicted molar refractivity (Wildman–Crippen MR) is 112 cm³/mol. The minimum atomic E-state index is -3.64. The van der Waals surface area contributed by atoms with Crippen LogP contribution in [0.15, 0.2) is 41.4 Å². The van der Waals surface area contributed by atoms with Crippen LogP contribution in [0.25, 0.3) is 0 Å². The van der Waals surface area contributed by atoms with Crippen molar-refractivity contribution in [1.29, 1.82) is 0 Å². The van der Waals surface area contributed by atoms with Crippen LogP contribution in [0, 0.1) is 0 Å². The normalized spacial score (nSPS) is 15.8. The Morgan fingerprint density at radius 2 is 2.03 bits per heavy atom. The summed E-state index contributed by atoms with van der Waals surface area (Å²) in [5.41, 5.74) is 1.59. The number of sulfone groups is 1. The molecule has 1 aliphatic heterocycles. The first-order valence-corrected chi connectivity index (χ1v) is 11.3. The quantitative estimate of drug-likeness (QED) is 0.751. The van der Waals surface area contributed by atoms with Crippen LogP contribution in [-0.4, -0.2) is 37.0 Å². The SMILES string of the molecule is CCC(=O)N1c2ccc(S(=O)(=O)CCC(=O)Nc3ccc(Cl)cn3)cc2CC1C. The van der Waals surface area contributed by atoms with Gasteiger partial charge in [0.25, 0.3) is 0 Å². The summed E-state index contributed by atoms with van der Waals surface area (Å²) in [4.78, 5) is 30.1. The van der Waals surface area contributed by atoms with Gasteiger partial charge in [-0.25, -0.2) is 13.4 Å². The largest absolute Gasteiger partial charge is 0.311 e. The highest BCUT2D eigenvalue weighted by molar-refractivity contribution is 7.91. The van der Waals surface area contributed by atoms with E-state index in [1.807, 2.05) is 6.92 Å². The van der Waals surface area contributed by atoms with Gasteiger partial charge in [0.1, 0.15) is 5.82 Å². The number of aromatic nitrogens is 1.